The lowest BCUT2D eigenvalue weighted by Crippen LogP contribution is -2.60. The van der Waals surface area contributed by atoms with Crippen molar-refractivity contribution >= 4 is 5.97 Å². The summed E-state index contributed by atoms with van der Waals surface area (Å²) in [5, 5.41) is 22.2. The molecule has 120 valence electrons. The Morgan fingerprint density at radius 3 is 2.48 bits per heavy atom. The van der Waals surface area contributed by atoms with Crippen molar-refractivity contribution in [2.24, 2.45) is 28.6 Å². The Labute approximate surface area is 126 Å². The van der Waals surface area contributed by atoms with Crippen molar-refractivity contribution in [3.05, 3.63) is 0 Å². The van der Waals surface area contributed by atoms with Gasteiger partial charge in [0, 0.05) is 24.2 Å². The van der Waals surface area contributed by atoms with Gasteiger partial charge in [-0.1, -0.05) is 27.7 Å². The topological polar surface area (TPSA) is 66.8 Å². The van der Waals surface area contributed by atoms with Crippen LogP contribution >= 0.6 is 0 Å². The van der Waals surface area contributed by atoms with E-state index in [0.717, 1.165) is 12.8 Å². The smallest absolute Gasteiger partial charge is 0.302 e. The molecule has 7 atom stereocenters. The number of carbonyl (C=O) groups excluding carboxylic acids is 1. The van der Waals surface area contributed by atoms with Gasteiger partial charge in [0.05, 0.1) is 11.7 Å². The molecule has 0 heterocycles. The van der Waals surface area contributed by atoms with Gasteiger partial charge in [0.25, 0.3) is 0 Å². The molecule has 0 radical (unpaired) electrons. The maximum Gasteiger partial charge on any atom is 0.302 e. The second-order valence-electron chi connectivity index (χ2n) is 8.69. The number of aliphatic hydroxyl groups is 2. The summed E-state index contributed by atoms with van der Waals surface area (Å²) in [6.45, 7) is 9.92. The standard InChI is InChI=1S/C17H28O4/c1-9-6-12(21-10(2)18)14-15(3,4)8-16(5)7-11(19)13(9)17(14,16)20/h9,11-14,19-20H,6-8H2,1-5H3/t9-,11+,12+,13-,14+,16+,17-/m1/s1. The van der Waals surface area contributed by atoms with Gasteiger partial charge in [-0.25, -0.2) is 0 Å². The first-order valence-electron chi connectivity index (χ1n) is 8.10. The summed E-state index contributed by atoms with van der Waals surface area (Å²) in [7, 11) is 0. The van der Waals surface area contributed by atoms with Crippen LogP contribution in [-0.2, 0) is 9.53 Å². The molecule has 2 N–H and O–H groups in total. The van der Waals surface area contributed by atoms with E-state index in [-0.39, 0.29) is 40.7 Å². The molecule has 3 fully saturated rings. The third-order valence-electron chi connectivity index (χ3n) is 6.62. The Morgan fingerprint density at radius 1 is 1.29 bits per heavy atom. The average Bonchev–Trinajstić information content (AvgIpc) is 2.51. The van der Waals surface area contributed by atoms with Crippen LogP contribution < -0.4 is 0 Å². The van der Waals surface area contributed by atoms with Crippen molar-refractivity contribution in [1.29, 1.82) is 0 Å². The molecule has 3 aliphatic rings. The molecule has 3 rings (SSSR count). The molecule has 0 aromatic carbocycles. The summed E-state index contributed by atoms with van der Waals surface area (Å²) in [4.78, 5) is 11.5. The Bertz CT molecular complexity index is 473. The fourth-order valence-corrected chi connectivity index (χ4v) is 6.53. The highest BCUT2D eigenvalue weighted by molar-refractivity contribution is 5.66. The van der Waals surface area contributed by atoms with Crippen molar-refractivity contribution in [2.75, 3.05) is 0 Å². The number of ether oxygens (including phenoxy) is 1. The zero-order chi connectivity index (χ0) is 15.8. The van der Waals surface area contributed by atoms with Crippen LogP contribution in [0, 0.1) is 28.6 Å². The summed E-state index contributed by atoms with van der Waals surface area (Å²) in [5.74, 6) is -0.336. The SMILES string of the molecule is CC(=O)O[C@H]1C[C@@H](C)[C@@H]2[C@@H](O)C[C@@]3(C)CC(C)(C)[C@H]1[C@]23O. The fourth-order valence-electron chi connectivity index (χ4n) is 6.53. The van der Waals surface area contributed by atoms with E-state index in [2.05, 4.69) is 27.7 Å². The van der Waals surface area contributed by atoms with E-state index >= 15 is 0 Å². The van der Waals surface area contributed by atoms with E-state index in [1.807, 2.05) is 0 Å². The Hall–Kier alpha value is -0.610. The first-order valence-corrected chi connectivity index (χ1v) is 8.10. The minimum atomic E-state index is -0.937. The quantitative estimate of drug-likeness (QED) is 0.727. The van der Waals surface area contributed by atoms with E-state index < -0.39 is 11.7 Å². The number of hydrogen-bond acceptors (Lipinski definition) is 4. The van der Waals surface area contributed by atoms with Gasteiger partial charge in [0.2, 0.25) is 0 Å². The van der Waals surface area contributed by atoms with Crippen LogP contribution in [-0.4, -0.2) is 34.0 Å². The third kappa shape index (κ3) is 1.78. The van der Waals surface area contributed by atoms with E-state index in [1.54, 1.807) is 0 Å². The molecular formula is C17H28O4. The van der Waals surface area contributed by atoms with Crippen LogP contribution in [0.4, 0.5) is 0 Å². The minimum absolute atomic E-state index is 0.0951. The molecule has 4 nitrogen and oxygen atoms in total. The second-order valence-corrected chi connectivity index (χ2v) is 8.69. The molecule has 0 bridgehead atoms. The van der Waals surface area contributed by atoms with Gasteiger partial charge >= 0.3 is 5.97 Å². The number of rotatable bonds is 1. The monoisotopic (exact) mass is 296 g/mol. The molecule has 21 heavy (non-hydrogen) atoms. The second kappa shape index (κ2) is 4.23. The molecule has 0 amide bonds. The molecule has 3 saturated carbocycles. The van der Waals surface area contributed by atoms with Gasteiger partial charge in [-0.2, -0.15) is 0 Å². The fraction of sp³-hybridized carbons (Fsp3) is 0.941. The predicted octanol–water partition coefficient (Wildman–Crippen LogP) is 2.12. The lowest BCUT2D eigenvalue weighted by Gasteiger charge is -2.52. The van der Waals surface area contributed by atoms with Gasteiger partial charge < -0.3 is 14.9 Å². The predicted molar refractivity (Wildman–Crippen MR) is 78.4 cm³/mol. The van der Waals surface area contributed by atoms with Crippen LogP contribution in [0.15, 0.2) is 0 Å². The maximum absolute atomic E-state index is 11.7. The van der Waals surface area contributed by atoms with E-state index in [1.165, 1.54) is 6.92 Å². The maximum atomic E-state index is 11.7. The highest BCUT2D eigenvalue weighted by atomic mass is 16.5. The molecule has 3 aliphatic carbocycles. The first kappa shape index (κ1) is 15.3. The molecule has 0 spiro atoms. The normalized spacial score (nSPS) is 54.3. The van der Waals surface area contributed by atoms with Crippen LogP contribution in [0.25, 0.3) is 0 Å². The van der Waals surface area contributed by atoms with E-state index in [0.29, 0.717) is 6.42 Å². The summed E-state index contributed by atoms with van der Waals surface area (Å²) >= 11 is 0. The summed E-state index contributed by atoms with van der Waals surface area (Å²) in [6, 6.07) is 0. The third-order valence-corrected chi connectivity index (χ3v) is 6.62. The number of hydrogen-bond donors (Lipinski definition) is 2. The molecule has 0 saturated heterocycles. The van der Waals surface area contributed by atoms with Crippen molar-refractivity contribution in [3.8, 4) is 0 Å². The lowest BCUT2D eigenvalue weighted by molar-refractivity contribution is -0.202. The Balaban J connectivity index is 2.10. The largest absolute Gasteiger partial charge is 0.462 e. The molecule has 4 heteroatoms. The zero-order valence-electron chi connectivity index (χ0n) is 13.7. The molecule has 0 aromatic heterocycles. The average molecular weight is 296 g/mol. The Morgan fingerprint density at radius 2 is 1.90 bits per heavy atom. The van der Waals surface area contributed by atoms with Crippen LogP contribution in [0.5, 0.6) is 0 Å². The Kier molecular flexibility index (Phi) is 3.08. The minimum Gasteiger partial charge on any atom is -0.462 e. The van der Waals surface area contributed by atoms with Crippen molar-refractivity contribution in [3.63, 3.8) is 0 Å². The molecule has 0 aliphatic heterocycles. The van der Waals surface area contributed by atoms with Crippen LogP contribution in [0.3, 0.4) is 0 Å². The van der Waals surface area contributed by atoms with Crippen LogP contribution in [0.1, 0.15) is 53.9 Å². The van der Waals surface area contributed by atoms with Crippen molar-refractivity contribution in [2.45, 2.75) is 71.7 Å². The molecular weight excluding hydrogens is 268 g/mol. The summed E-state index contributed by atoms with van der Waals surface area (Å²) in [5.41, 5.74) is -1.33. The van der Waals surface area contributed by atoms with Crippen molar-refractivity contribution < 1.29 is 19.7 Å². The van der Waals surface area contributed by atoms with Gasteiger partial charge in [0.1, 0.15) is 6.10 Å². The van der Waals surface area contributed by atoms with Crippen LogP contribution in [0.2, 0.25) is 0 Å². The van der Waals surface area contributed by atoms with E-state index in [9.17, 15) is 15.0 Å². The lowest BCUT2D eigenvalue weighted by atomic mass is 9.58. The first-order chi connectivity index (χ1) is 9.53. The number of esters is 1. The summed E-state index contributed by atoms with van der Waals surface area (Å²) in [6.07, 6.45) is 1.53. The van der Waals surface area contributed by atoms with Gasteiger partial charge in [-0.15, -0.1) is 0 Å². The summed E-state index contributed by atoms with van der Waals surface area (Å²) < 4.78 is 5.60. The van der Waals surface area contributed by atoms with Gasteiger partial charge in [-0.05, 0) is 30.6 Å². The zero-order valence-corrected chi connectivity index (χ0v) is 13.7. The molecule has 0 unspecified atom stereocenters. The van der Waals surface area contributed by atoms with Gasteiger partial charge in [-0.3, -0.25) is 4.79 Å². The molecule has 0 aromatic rings. The van der Waals surface area contributed by atoms with Crippen molar-refractivity contribution in [1.82, 2.24) is 0 Å². The number of aliphatic hydroxyl groups excluding tert-OH is 1. The van der Waals surface area contributed by atoms with E-state index in [4.69, 9.17) is 4.74 Å². The highest BCUT2D eigenvalue weighted by Crippen LogP contribution is 2.72. The highest BCUT2D eigenvalue weighted by Gasteiger charge is 2.76. The van der Waals surface area contributed by atoms with Gasteiger partial charge in [0.15, 0.2) is 0 Å². The number of carbonyl (C=O) groups is 1.